The summed E-state index contributed by atoms with van der Waals surface area (Å²) in [7, 11) is 0. The van der Waals surface area contributed by atoms with Crippen LogP contribution in [0, 0.1) is 6.92 Å². The first-order valence-electron chi connectivity index (χ1n) is 10.8. The number of aliphatic imine (C=N–C) groups is 1. The number of aromatic nitrogens is 3. The van der Waals surface area contributed by atoms with E-state index >= 15 is 0 Å². The molecule has 0 spiro atoms. The molecule has 0 saturated heterocycles. The number of aryl methyl sites for hydroxylation is 2. The summed E-state index contributed by atoms with van der Waals surface area (Å²) in [6, 6.07) is 16.0. The molecule has 7 heteroatoms. The molecule has 1 aliphatic heterocycles. The minimum atomic E-state index is 0.508. The van der Waals surface area contributed by atoms with Gasteiger partial charge in [0.05, 0.1) is 5.71 Å². The van der Waals surface area contributed by atoms with Crippen molar-refractivity contribution < 1.29 is 4.74 Å². The number of nitrogens with zero attached hydrogens (tertiary/aromatic N) is 4. The van der Waals surface area contributed by atoms with E-state index in [2.05, 4.69) is 39.0 Å². The molecular weight excluding hydrogens is 440 g/mol. The molecule has 2 aliphatic rings. The first-order valence-corrected chi connectivity index (χ1v) is 11.9. The molecule has 0 radical (unpaired) electrons. The summed E-state index contributed by atoms with van der Waals surface area (Å²) in [5.74, 6) is 2.64. The van der Waals surface area contributed by atoms with E-state index in [0.717, 1.165) is 47.1 Å². The molecule has 0 atom stereocenters. The van der Waals surface area contributed by atoms with E-state index in [1.165, 1.54) is 27.4 Å². The number of fused-ring (bicyclic) bond motifs is 5. The van der Waals surface area contributed by atoms with Crippen LogP contribution in [0.1, 0.15) is 45.2 Å². The molecule has 4 aromatic rings. The number of thiophene rings is 1. The highest BCUT2D eigenvalue weighted by Gasteiger charge is 2.30. The van der Waals surface area contributed by atoms with Crippen LogP contribution in [0.4, 0.5) is 0 Å². The Morgan fingerprint density at radius 3 is 2.66 bits per heavy atom. The van der Waals surface area contributed by atoms with Crippen LogP contribution in [-0.2, 0) is 26.0 Å². The van der Waals surface area contributed by atoms with E-state index in [1.807, 2.05) is 42.5 Å². The largest absolute Gasteiger partial charge is 0.489 e. The Labute approximate surface area is 195 Å². The van der Waals surface area contributed by atoms with Crippen LogP contribution >= 0.6 is 22.9 Å². The van der Waals surface area contributed by atoms with Gasteiger partial charge in [-0.25, -0.2) is 0 Å². The summed E-state index contributed by atoms with van der Waals surface area (Å²) in [5, 5.41) is 10.6. The highest BCUT2D eigenvalue weighted by atomic mass is 35.5. The van der Waals surface area contributed by atoms with Crippen LogP contribution in [0.5, 0.6) is 5.75 Å². The van der Waals surface area contributed by atoms with E-state index in [0.29, 0.717) is 18.2 Å². The number of ether oxygens (including phenoxy) is 1. The second kappa shape index (κ2) is 7.87. The standard InChI is InChI=1S/C25H21ClN4OS/c1-15-28-29-22-13-27-24(23-20-3-2-4-21(20)32-25(23)30(15)22)17-7-5-16(6-8-17)14-31-19-11-9-18(26)10-12-19/h5-12H,2-4,13-14H2,1H3. The second-order valence-corrected chi connectivity index (χ2v) is 9.66. The Balaban J connectivity index is 1.32. The molecule has 0 N–H and O–H groups in total. The Morgan fingerprint density at radius 1 is 1.03 bits per heavy atom. The smallest absolute Gasteiger partial charge is 0.160 e. The van der Waals surface area contributed by atoms with Crippen molar-refractivity contribution in [3.05, 3.63) is 92.3 Å². The van der Waals surface area contributed by atoms with Crippen LogP contribution in [0.2, 0.25) is 5.02 Å². The average molecular weight is 461 g/mol. The van der Waals surface area contributed by atoms with Gasteiger partial charge in [-0.2, -0.15) is 0 Å². The van der Waals surface area contributed by atoms with E-state index in [4.69, 9.17) is 21.3 Å². The van der Waals surface area contributed by atoms with Crippen molar-refractivity contribution in [3.8, 4) is 10.8 Å². The third-order valence-corrected chi connectivity index (χ3v) is 7.59. The fraction of sp³-hybridized carbons (Fsp3) is 0.240. The van der Waals surface area contributed by atoms with Crippen molar-refractivity contribution in [2.45, 2.75) is 39.3 Å². The second-order valence-electron chi connectivity index (χ2n) is 8.14. The summed E-state index contributed by atoms with van der Waals surface area (Å²) in [4.78, 5) is 6.51. The Kier molecular flexibility index (Phi) is 4.85. The van der Waals surface area contributed by atoms with Gasteiger partial charge in [0.1, 0.15) is 29.7 Å². The molecule has 2 aromatic carbocycles. The minimum Gasteiger partial charge on any atom is -0.489 e. The number of rotatable bonds is 4. The van der Waals surface area contributed by atoms with Crippen LogP contribution in [0.3, 0.4) is 0 Å². The maximum Gasteiger partial charge on any atom is 0.160 e. The summed E-state index contributed by atoms with van der Waals surface area (Å²) in [5.41, 5.74) is 6.04. The lowest BCUT2D eigenvalue weighted by Gasteiger charge is -2.11. The number of hydrogen-bond donors (Lipinski definition) is 0. The molecule has 5 nitrogen and oxygen atoms in total. The predicted molar refractivity (Wildman–Crippen MR) is 128 cm³/mol. The Hall–Kier alpha value is -2.96. The summed E-state index contributed by atoms with van der Waals surface area (Å²) >= 11 is 7.83. The lowest BCUT2D eigenvalue weighted by atomic mass is 9.98. The van der Waals surface area contributed by atoms with E-state index in [-0.39, 0.29) is 0 Å². The topological polar surface area (TPSA) is 52.3 Å². The molecule has 160 valence electrons. The van der Waals surface area contributed by atoms with Crippen molar-refractivity contribution in [2.75, 3.05) is 0 Å². The van der Waals surface area contributed by atoms with Gasteiger partial charge in [-0.1, -0.05) is 35.9 Å². The fourth-order valence-electron chi connectivity index (χ4n) is 4.49. The quantitative estimate of drug-likeness (QED) is 0.392. The molecule has 6 rings (SSSR count). The molecule has 0 unspecified atom stereocenters. The molecule has 0 bridgehead atoms. The lowest BCUT2D eigenvalue weighted by Crippen LogP contribution is -2.08. The maximum absolute atomic E-state index is 5.95. The van der Waals surface area contributed by atoms with Gasteiger partial charge in [0.15, 0.2) is 5.82 Å². The normalized spacial score (nSPS) is 14.4. The van der Waals surface area contributed by atoms with Gasteiger partial charge in [-0.15, -0.1) is 21.5 Å². The molecule has 0 saturated carbocycles. The van der Waals surface area contributed by atoms with Gasteiger partial charge in [-0.05, 0) is 61.6 Å². The zero-order chi connectivity index (χ0) is 21.7. The molecule has 32 heavy (non-hydrogen) atoms. The molecule has 2 aromatic heterocycles. The van der Waals surface area contributed by atoms with Crippen molar-refractivity contribution in [2.24, 2.45) is 4.99 Å². The van der Waals surface area contributed by atoms with Gasteiger partial charge in [0.25, 0.3) is 0 Å². The average Bonchev–Trinajstić information content (AvgIpc) is 3.47. The third-order valence-electron chi connectivity index (χ3n) is 6.06. The van der Waals surface area contributed by atoms with Crippen LogP contribution < -0.4 is 4.74 Å². The van der Waals surface area contributed by atoms with Crippen molar-refractivity contribution >= 4 is 28.6 Å². The van der Waals surface area contributed by atoms with Crippen molar-refractivity contribution in [3.63, 3.8) is 0 Å². The highest BCUT2D eigenvalue weighted by molar-refractivity contribution is 7.15. The summed E-state index contributed by atoms with van der Waals surface area (Å²) < 4.78 is 8.09. The number of benzene rings is 2. The summed E-state index contributed by atoms with van der Waals surface area (Å²) in [6.07, 6.45) is 3.48. The Morgan fingerprint density at radius 2 is 1.84 bits per heavy atom. The summed E-state index contributed by atoms with van der Waals surface area (Å²) in [6.45, 7) is 3.06. The van der Waals surface area contributed by atoms with E-state index in [9.17, 15) is 0 Å². The highest BCUT2D eigenvalue weighted by Crippen LogP contribution is 2.41. The maximum atomic E-state index is 5.95. The van der Waals surface area contributed by atoms with E-state index < -0.39 is 0 Å². The SMILES string of the molecule is Cc1nnc2n1-c1sc3c(c1C(c1ccc(COc4ccc(Cl)cc4)cc1)=NC2)CCC3. The molecule has 1 aliphatic carbocycles. The Bertz CT molecular complexity index is 1340. The lowest BCUT2D eigenvalue weighted by molar-refractivity contribution is 0.306. The van der Waals surface area contributed by atoms with Gasteiger partial charge >= 0.3 is 0 Å². The van der Waals surface area contributed by atoms with Crippen LogP contribution in [-0.4, -0.2) is 20.5 Å². The van der Waals surface area contributed by atoms with Gasteiger partial charge in [-0.3, -0.25) is 9.56 Å². The first kappa shape index (κ1) is 19.7. The zero-order valence-corrected chi connectivity index (χ0v) is 19.2. The van der Waals surface area contributed by atoms with Gasteiger partial charge < -0.3 is 4.74 Å². The molecule has 0 fully saturated rings. The first-order chi connectivity index (χ1) is 15.7. The van der Waals surface area contributed by atoms with Crippen LogP contribution in [0.25, 0.3) is 5.00 Å². The van der Waals surface area contributed by atoms with Crippen molar-refractivity contribution in [1.29, 1.82) is 0 Å². The monoisotopic (exact) mass is 460 g/mol. The molecule has 3 heterocycles. The number of halogens is 1. The fourth-order valence-corrected chi connectivity index (χ4v) is 6.07. The predicted octanol–water partition coefficient (Wildman–Crippen LogP) is 5.71. The van der Waals surface area contributed by atoms with Gasteiger partial charge in [0, 0.05) is 21.0 Å². The molecule has 0 amide bonds. The van der Waals surface area contributed by atoms with E-state index in [1.54, 1.807) is 0 Å². The molecular formula is C25H21ClN4OS. The number of hydrogen-bond acceptors (Lipinski definition) is 5. The zero-order valence-electron chi connectivity index (χ0n) is 17.6. The van der Waals surface area contributed by atoms with Gasteiger partial charge in [0.2, 0.25) is 0 Å². The van der Waals surface area contributed by atoms with Crippen molar-refractivity contribution in [1.82, 2.24) is 14.8 Å². The third kappa shape index (κ3) is 3.34. The van der Waals surface area contributed by atoms with Crippen LogP contribution in [0.15, 0.2) is 53.5 Å². The minimum absolute atomic E-state index is 0.508.